The van der Waals surface area contributed by atoms with Gasteiger partial charge in [-0.05, 0) is 37.0 Å². The van der Waals surface area contributed by atoms with Crippen molar-refractivity contribution in [2.75, 3.05) is 0 Å². The number of halogens is 4. The first-order chi connectivity index (χ1) is 12.2. The van der Waals surface area contributed by atoms with Crippen molar-refractivity contribution in [3.63, 3.8) is 0 Å². The molecule has 2 aromatic rings. The van der Waals surface area contributed by atoms with Gasteiger partial charge in [0.05, 0.1) is 10.5 Å². The molecule has 0 bridgehead atoms. The average molecular weight is 455 g/mol. The average Bonchev–Trinajstić information content (AvgIpc) is 2.73. The van der Waals surface area contributed by atoms with Crippen molar-refractivity contribution in [2.24, 2.45) is 0 Å². The van der Waals surface area contributed by atoms with Crippen LogP contribution in [0.15, 0.2) is 24.3 Å². The zero-order valence-electron chi connectivity index (χ0n) is 14.5. The molecule has 0 radical (unpaired) electrons. The van der Waals surface area contributed by atoms with Crippen molar-refractivity contribution in [1.82, 2.24) is 0 Å². The molecular formula is C18H22BrF3O3S. The lowest BCUT2D eigenvalue weighted by atomic mass is 9.98. The molecule has 3 rings (SSSR count). The second-order valence-corrected chi connectivity index (χ2v) is 9.18. The highest BCUT2D eigenvalue weighted by Crippen LogP contribution is 2.54. The van der Waals surface area contributed by atoms with Gasteiger partial charge in [0.1, 0.15) is 0 Å². The highest BCUT2D eigenvalue weighted by molar-refractivity contribution is 7.38. The Labute approximate surface area is 159 Å². The van der Waals surface area contributed by atoms with Gasteiger partial charge in [-0.15, -0.1) is 13.2 Å². The van der Waals surface area contributed by atoms with E-state index in [0.717, 1.165) is 55.9 Å². The maximum absolute atomic E-state index is 13.7. The van der Waals surface area contributed by atoms with Crippen molar-refractivity contribution in [3.8, 4) is 0 Å². The van der Waals surface area contributed by atoms with Crippen LogP contribution in [0.5, 0.6) is 0 Å². The van der Waals surface area contributed by atoms with Crippen molar-refractivity contribution >= 4 is 20.6 Å². The number of rotatable bonds is 2. The Hall–Kier alpha value is -0.670. The minimum Gasteiger partial charge on any atom is -0.405 e. The van der Waals surface area contributed by atoms with Gasteiger partial charge in [0.15, 0.2) is 9.58 Å². The van der Waals surface area contributed by atoms with Crippen LogP contribution in [-0.4, -0.2) is 0 Å². The molecule has 1 unspecified atom stereocenters. The van der Waals surface area contributed by atoms with Crippen LogP contribution in [0.25, 0.3) is 10.1 Å². The standard InChI is InChI=1S/C18H22F3S.BrO3/c1-2-13-9-10-16-15(11-13)12-17(22(16)18(19,20)21)14-7-5-3-4-6-8-14;2-1(3)4/h9-12,14H,2-8H2,1H3;/q+1;-1. The molecule has 146 valence electrons. The van der Waals surface area contributed by atoms with E-state index in [1.54, 1.807) is 6.07 Å². The van der Waals surface area contributed by atoms with E-state index in [9.17, 15) is 13.2 Å². The zero-order chi connectivity index (χ0) is 19.3. The first-order valence-electron chi connectivity index (χ1n) is 8.62. The molecule has 1 fully saturated rings. The van der Waals surface area contributed by atoms with Gasteiger partial charge >= 0.3 is 5.51 Å². The number of fused-ring (bicyclic) bond motifs is 1. The second-order valence-electron chi connectivity index (χ2n) is 6.40. The summed E-state index contributed by atoms with van der Waals surface area (Å²) in [6.07, 6.45) is 7.15. The number of aryl methyl sites for hydroxylation is 1. The highest BCUT2D eigenvalue weighted by atomic mass is 80.0. The van der Waals surface area contributed by atoms with Crippen LogP contribution in [0.1, 0.15) is 61.8 Å². The first kappa shape index (κ1) is 21.6. The lowest BCUT2D eigenvalue weighted by Crippen LogP contribution is -2.42. The molecule has 1 heterocycles. The topological polar surface area (TPSA) is 69.2 Å². The van der Waals surface area contributed by atoms with Crippen LogP contribution in [0.4, 0.5) is 13.2 Å². The highest BCUT2D eigenvalue weighted by Gasteiger charge is 2.49. The van der Waals surface area contributed by atoms with E-state index < -0.39 is 30.8 Å². The molecule has 1 aromatic carbocycles. The van der Waals surface area contributed by atoms with Gasteiger partial charge in [-0.2, -0.15) is 0 Å². The molecule has 1 aromatic heterocycles. The van der Waals surface area contributed by atoms with Crippen molar-refractivity contribution in [2.45, 2.75) is 63.3 Å². The molecule has 8 heteroatoms. The van der Waals surface area contributed by atoms with Crippen LogP contribution in [-0.2, 0) is 11.9 Å². The number of alkyl halides is 3. The summed E-state index contributed by atoms with van der Waals surface area (Å²) in [6.45, 7) is 2.04. The maximum atomic E-state index is 13.7. The molecule has 1 aliphatic rings. The van der Waals surface area contributed by atoms with Crippen LogP contribution in [0.2, 0.25) is 0 Å². The minimum atomic E-state index is -4.16. The largest absolute Gasteiger partial charge is 0.600 e. The number of hydrogen-bond donors (Lipinski definition) is 0. The van der Waals surface area contributed by atoms with Gasteiger partial charge in [-0.25, -0.2) is 0 Å². The maximum Gasteiger partial charge on any atom is 0.600 e. The Morgan fingerprint density at radius 1 is 1.04 bits per heavy atom. The fraction of sp³-hybridized carbons (Fsp3) is 0.556. The van der Waals surface area contributed by atoms with E-state index in [4.69, 9.17) is 12.6 Å². The number of benzene rings is 1. The lowest BCUT2D eigenvalue weighted by molar-refractivity contribution is -1.73. The fourth-order valence-corrected chi connectivity index (χ4v) is 5.70. The van der Waals surface area contributed by atoms with Gasteiger partial charge in [-0.1, -0.05) is 38.7 Å². The molecule has 0 N–H and O–H groups in total. The van der Waals surface area contributed by atoms with E-state index in [1.165, 1.54) is 0 Å². The molecular weight excluding hydrogens is 433 g/mol. The predicted molar refractivity (Wildman–Crippen MR) is 87.5 cm³/mol. The van der Waals surface area contributed by atoms with Crippen LogP contribution in [0, 0.1) is 14.8 Å². The third-order valence-electron chi connectivity index (χ3n) is 4.72. The van der Waals surface area contributed by atoms with E-state index in [1.807, 2.05) is 25.1 Å². The summed E-state index contributed by atoms with van der Waals surface area (Å²) < 4.78 is 67.2. The van der Waals surface area contributed by atoms with Gasteiger partial charge in [0, 0.05) is 17.4 Å². The summed E-state index contributed by atoms with van der Waals surface area (Å²) in [5.74, 6) is 0.116. The summed E-state index contributed by atoms with van der Waals surface area (Å²) in [7, 11) is -1.71. The van der Waals surface area contributed by atoms with Crippen LogP contribution in [0.3, 0.4) is 0 Å². The summed E-state index contributed by atoms with van der Waals surface area (Å²) in [4.78, 5) is 0.651. The van der Waals surface area contributed by atoms with Gasteiger partial charge in [-0.3, -0.25) is 0 Å². The quantitative estimate of drug-likeness (QED) is 0.514. The van der Waals surface area contributed by atoms with Crippen LogP contribution >= 0.6 is 10.5 Å². The molecule has 0 spiro atoms. The molecule has 0 saturated heterocycles. The summed E-state index contributed by atoms with van der Waals surface area (Å²) in [5, 5.41) is 0.805. The minimum absolute atomic E-state index is 0.116. The SMILES string of the molecule is CCc1ccc2c(c1)cc(C1CCCCCC1)[s+]2C(F)(F)F.[O-][Br+2]([O-])[O-]. The Morgan fingerprint density at radius 2 is 1.62 bits per heavy atom. The summed E-state index contributed by atoms with van der Waals surface area (Å²) >= 11 is -3.65. The normalized spacial score (nSPS) is 17.2. The smallest absolute Gasteiger partial charge is 0.405 e. The van der Waals surface area contributed by atoms with E-state index in [2.05, 4.69) is 0 Å². The molecule has 1 saturated carbocycles. The lowest BCUT2D eigenvalue weighted by Gasteiger charge is -2.10. The van der Waals surface area contributed by atoms with E-state index >= 15 is 0 Å². The fourth-order valence-electron chi connectivity index (χ4n) is 3.56. The molecule has 1 aliphatic carbocycles. The third-order valence-corrected chi connectivity index (χ3v) is 6.92. The van der Waals surface area contributed by atoms with Crippen molar-refractivity contribution < 1.29 is 40.6 Å². The Morgan fingerprint density at radius 3 is 2.12 bits per heavy atom. The van der Waals surface area contributed by atoms with E-state index in [0.29, 0.717) is 9.58 Å². The Bertz CT molecular complexity index is 705. The zero-order valence-corrected chi connectivity index (χ0v) is 16.9. The monoisotopic (exact) mass is 454 g/mol. The van der Waals surface area contributed by atoms with Gasteiger partial charge in [0.25, 0.3) is 0 Å². The van der Waals surface area contributed by atoms with Crippen molar-refractivity contribution in [3.05, 3.63) is 34.7 Å². The van der Waals surface area contributed by atoms with Gasteiger partial charge < -0.3 is 12.6 Å². The Balaban J connectivity index is 0.000000552. The second kappa shape index (κ2) is 9.50. The molecule has 26 heavy (non-hydrogen) atoms. The van der Waals surface area contributed by atoms with Crippen LogP contribution < -0.4 is 12.6 Å². The first-order valence-corrected chi connectivity index (χ1v) is 11.8. The molecule has 1 atom stereocenters. The molecule has 0 amide bonds. The molecule has 3 nitrogen and oxygen atoms in total. The van der Waals surface area contributed by atoms with E-state index in [-0.39, 0.29) is 5.92 Å². The number of hydrogen-bond acceptors (Lipinski definition) is 3. The summed E-state index contributed by atoms with van der Waals surface area (Å²) in [6, 6.07) is 7.38. The Kier molecular flexibility index (Phi) is 7.90. The third kappa shape index (κ3) is 5.66. The van der Waals surface area contributed by atoms with Gasteiger partial charge in [0.2, 0.25) is 14.8 Å². The van der Waals surface area contributed by atoms with Crippen molar-refractivity contribution in [1.29, 1.82) is 0 Å². The molecule has 0 aliphatic heterocycles. The summed E-state index contributed by atoms with van der Waals surface area (Å²) in [5.41, 5.74) is -3.04. The number of thiophene rings is 1. The predicted octanol–water partition coefficient (Wildman–Crippen LogP) is 3.50.